The van der Waals surface area contributed by atoms with E-state index < -0.39 is 15.8 Å². The van der Waals surface area contributed by atoms with E-state index in [9.17, 15) is 12.8 Å². The van der Waals surface area contributed by atoms with Gasteiger partial charge in [-0.05, 0) is 56.0 Å². The van der Waals surface area contributed by atoms with Crippen LogP contribution in [-0.4, -0.2) is 26.5 Å². The fourth-order valence-electron chi connectivity index (χ4n) is 2.80. The number of halogens is 1. The number of aromatic nitrogens is 1. The molecule has 24 heavy (non-hydrogen) atoms. The van der Waals surface area contributed by atoms with E-state index in [1.165, 1.54) is 18.6 Å². The van der Waals surface area contributed by atoms with Crippen LogP contribution >= 0.6 is 0 Å². The van der Waals surface area contributed by atoms with Gasteiger partial charge in [0.2, 0.25) is 0 Å². The first-order valence-corrected chi connectivity index (χ1v) is 9.44. The molecule has 1 N–H and O–H groups in total. The van der Waals surface area contributed by atoms with E-state index >= 15 is 0 Å². The zero-order chi connectivity index (χ0) is 17.2. The van der Waals surface area contributed by atoms with Gasteiger partial charge in [0.05, 0.1) is 11.9 Å². The second-order valence-electron chi connectivity index (χ2n) is 5.99. The molecular weight excluding hydrogens is 329 g/mol. The molecule has 128 valence electrons. The molecule has 0 bridgehead atoms. The molecule has 7 heteroatoms. The molecule has 0 saturated carbocycles. The van der Waals surface area contributed by atoms with Gasteiger partial charge in [-0.3, -0.25) is 4.72 Å². The molecule has 1 aliphatic heterocycles. The quantitative estimate of drug-likeness (QED) is 0.920. The summed E-state index contributed by atoms with van der Waals surface area (Å²) >= 11 is 0. The van der Waals surface area contributed by atoms with Crippen molar-refractivity contribution < 1.29 is 12.8 Å². The number of nitrogens with zero attached hydrogens (tertiary/aromatic N) is 2. The molecular formula is C17H20FN3O2S. The van der Waals surface area contributed by atoms with E-state index in [1.807, 2.05) is 6.07 Å². The minimum Gasteiger partial charge on any atom is -0.370 e. The Morgan fingerprint density at radius 2 is 1.88 bits per heavy atom. The zero-order valence-electron chi connectivity index (χ0n) is 13.5. The van der Waals surface area contributed by atoms with Crippen LogP contribution < -0.4 is 9.62 Å². The van der Waals surface area contributed by atoms with Gasteiger partial charge in [-0.25, -0.2) is 17.8 Å². The number of pyridine rings is 1. The van der Waals surface area contributed by atoms with Gasteiger partial charge in [0, 0.05) is 13.1 Å². The molecule has 1 aromatic heterocycles. The highest BCUT2D eigenvalue weighted by Crippen LogP contribution is 2.22. The minimum absolute atomic E-state index is 0.177. The summed E-state index contributed by atoms with van der Waals surface area (Å²) in [6.45, 7) is 3.68. The van der Waals surface area contributed by atoms with Crippen molar-refractivity contribution >= 4 is 21.5 Å². The van der Waals surface area contributed by atoms with E-state index in [1.54, 1.807) is 25.3 Å². The van der Waals surface area contributed by atoms with Gasteiger partial charge in [0.1, 0.15) is 16.5 Å². The van der Waals surface area contributed by atoms with Crippen molar-refractivity contribution in [2.75, 3.05) is 22.7 Å². The molecule has 1 saturated heterocycles. The van der Waals surface area contributed by atoms with Crippen LogP contribution in [-0.2, 0) is 10.0 Å². The van der Waals surface area contributed by atoms with Gasteiger partial charge >= 0.3 is 0 Å². The molecule has 1 aliphatic rings. The fraction of sp³-hybridized carbons (Fsp3) is 0.353. The summed E-state index contributed by atoms with van der Waals surface area (Å²) in [7, 11) is -4.00. The van der Waals surface area contributed by atoms with Crippen LogP contribution in [0, 0.1) is 12.7 Å². The van der Waals surface area contributed by atoms with E-state index in [4.69, 9.17) is 0 Å². The number of rotatable bonds is 4. The van der Waals surface area contributed by atoms with Crippen molar-refractivity contribution in [3.05, 3.63) is 47.9 Å². The molecule has 2 heterocycles. The van der Waals surface area contributed by atoms with Gasteiger partial charge in [-0.2, -0.15) is 0 Å². The molecule has 1 fully saturated rings. The molecule has 0 atom stereocenters. The van der Waals surface area contributed by atoms with Crippen molar-refractivity contribution in [3.63, 3.8) is 0 Å². The smallest absolute Gasteiger partial charge is 0.265 e. The van der Waals surface area contributed by atoms with E-state index in [2.05, 4.69) is 14.6 Å². The van der Waals surface area contributed by atoms with E-state index in [0.717, 1.165) is 31.6 Å². The number of anilines is 2. The van der Waals surface area contributed by atoms with Gasteiger partial charge < -0.3 is 4.90 Å². The minimum atomic E-state index is -4.00. The normalized spacial score (nSPS) is 15.3. The van der Waals surface area contributed by atoms with Crippen LogP contribution in [0.4, 0.5) is 15.9 Å². The van der Waals surface area contributed by atoms with Crippen molar-refractivity contribution in [2.24, 2.45) is 0 Å². The fourth-order valence-corrected chi connectivity index (χ4v) is 3.87. The van der Waals surface area contributed by atoms with Crippen LogP contribution in [0.15, 0.2) is 41.4 Å². The van der Waals surface area contributed by atoms with Crippen molar-refractivity contribution in [1.29, 1.82) is 0 Å². The Hall–Kier alpha value is -2.15. The molecule has 0 aliphatic carbocycles. The molecule has 3 rings (SSSR count). The molecule has 0 amide bonds. The highest BCUT2D eigenvalue weighted by molar-refractivity contribution is 7.92. The van der Waals surface area contributed by atoms with E-state index in [-0.39, 0.29) is 10.7 Å². The first-order chi connectivity index (χ1) is 11.5. The largest absolute Gasteiger partial charge is 0.370 e. The molecule has 1 aromatic carbocycles. The number of piperidine rings is 1. The summed E-state index contributed by atoms with van der Waals surface area (Å²) in [5.74, 6) is -0.594. The predicted octanol–water partition coefficient (Wildman–Crippen LogP) is 3.32. The highest BCUT2D eigenvalue weighted by Gasteiger charge is 2.20. The first-order valence-electron chi connectivity index (χ1n) is 7.96. The van der Waals surface area contributed by atoms with Gasteiger partial charge in [-0.15, -0.1) is 0 Å². The number of nitrogens with one attached hydrogen (secondary N) is 1. The first kappa shape index (κ1) is 16.7. The lowest BCUT2D eigenvalue weighted by Gasteiger charge is -2.28. The topological polar surface area (TPSA) is 62.3 Å². The molecule has 2 aromatic rings. The van der Waals surface area contributed by atoms with Crippen LogP contribution in [0.5, 0.6) is 0 Å². The standard InChI is InChI=1S/C17H20FN3O2S/c1-13-5-7-16(15(18)11-13)24(22,23)20-17-8-6-14(12-19-17)21-9-3-2-4-10-21/h5-8,11-12H,2-4,9-10H2,1H3,(H,19,20). The van der Waals surface area contributed by atoms with Crippen LogP contribution in [0.25, 0.3) is 0 Å². The summed E-state index contributed by atoms with van der Waals surface area (Å²) in [5, 5.41) is 0. The Balaban J connectivity index is 1.77. The van der Waals surface area contributed by atoms with Crippen LogP contribution in [0.3, 0.4) is 0 Å². The van der Waals surface area contributed by atoms with Gasteiger partial charge in [0.25, 0.3) is 10.0 Å². The number of hydrogen-bond donors (Lipinski definition) is 1. The lowest BCUT2D eigenvalue weighted by molar-refractivity contribution is 0.569. The number of hydrogen-bond acceptors (Lipinski definition) is 4. The molecule has 0 unspecified atom stereocenters. The monoisotopic (exact) mass is 349 g/mol. The lowest BCUT2D eigenvalue weighted by Crippen LogP contribution is -2.29. The van der Waals surface area contributed by atoms with Gasteiger partial charge in [-0.1, -0.05) is 6.07 Å². The maximum Gasteiger partial charge on any atom is 0.265 e. The summed E-state index contributed by atoms with van der Waals surface area (Å²) in [4.78, 5) is 6.01. The summed E-state index contributed by atoms with van der Waals surface area (Å²) in [5.41, 5.74) is 1.63. The van der Waals surface area contributed by atoms with E-state index in [0.29, 0.717) is 5.56 Å². The lowest BCUT2D eigenvalue weighted by atomic mass is 10.1. The van der Waals surface area contributed by atoms with Crippen molar-refractivity contribution in [2.45, 2.75) is 31.1 Å². The molecule has 0 radical (unpaired) electrons. The summed E-state index contributed by atoms with van der Waals surface area (Å²) < 4.78 is 40.9. The average molecular weight is 349 g/mol. The summed E-state index contributed by atoms with van der Waals surface area (Å²) in [6, 6.07) is 7.45. The van der Waals surface area contributed by atoms with Crippen molar-refractivity contribution in [1.82, 2.24) is 4.98 Å². The molecule has 0 spiro atoms. The number of aryl methyl sites for hydroxylation is 1. The summed E-state index contributed by atoms with van der Waals surface area (Å²) in [6.07, 6.45) is 5.20. The van der Waals surface area contributed by atoms with Crippen molar-refractivity contribution in [3.8, 4) is 0 Å². The van der Waals surface area contributed by atoms with Crippen LogP contribution in [0.2, 0.25) is 0 Å². The Labute approximate surface area is 141 Å². The number of benzene rings is 1. The average Bonchev–Trinajstić information content (AvgIpc) is 2.55. The third-order valence-electron chi connectivity index (χ3n) is 4.08. The predicted molar refractivity (Wildman–Crippen MR) is 92.2 cm³/mol. The Morgan fingerprint density at radius 3 is 2.50 bits per heavy atom. The Bertz CT molecular complexity index is 816. The maximum absolute atomic E-state index is 13.9. The Kier molecular flexibility index (Phi) is 4.71. The Morgan fingerprint density at radius 1 is 1.12 bits per heavy atom. The number of sulfonamides is 1. The second-order valence-corrected chi connectivity index (χ2v) is 7.64. The third kappa shape index (κ3) is 3.67. The third-order valence-corrected chi connectivity index (χ3v) is 5.47. The van der Waals surface area contributed by atoms with Crippen LogP contribution in [0.1, 0.15) is 24.8 Å². The highest BCUT2D eigenvalue weighted by atomic mass is 32.2. The zero-order valence-corrected chi connectivity index (χ0v) is 14.3. The maximum atomic E-state index is 13.9. The SMILES string of the molecule is Cc1ccc(S(=O)(=O)Nc2ccc(N3CCCCC3)cn2)c(F)c1. The van der Waals surface area contributed by atoms with Gasteiger partial charge in [0.15, 0.2) is 0 Å². The second kappa shape index (κ2) is 6.76. The molecule has 5 nitrogen and oxygen atoms in total.